The molecule has 0 spiro atoms. The molecule has 0 atom stereocenters. The van der Waals surface area contributed by atoms with E-state index in [4.69, 9.17) is 5.11 Å². The molecule has 20 heavy (non-hydrogen) atoms. The molecule has 0 aliphatic heterocycles. The number of hydrogen-bond donors (Lipinski definition) is 2. The van der Waals surface area contributed by atoms with Gasteiger partial charge < -0.3 is 10.4 Å². The second-order valence-corrected chi connectivity index (χ2v) is 6.39. The Labute approximate surface area is 116 Å². The quantitative estimate of drug-likeness (QED) is 0.724. The van der Waals surface area contributed by atoms with Crippen LogP contribution in [0.5, 0.6) is 0 Å². The molecule has 1 aromatic rings. The van der Waals surface area contributed by atoms with Crippen LogP contribution in [0.4, 0.5) is 0 Å². The maximum absolute atomic E-state index is 11.7. The fourth-order valence-electron chi connectivity index (χ4n) is 1.27. The van der Waals surface area contributed by atoms with Gasteiger partial charge in [-0.2, -0.15) is 0 Å². The molecule has 0 radical (unpaired) electrons. The zero-order valence-corrected chi connectivity index (χ0v) is 11.8. The number of carboxylic acid groups (broad SMARTS) is 1. The van der Waals surface area contributed by atoms with Crippen LogP contribution >= 0.6 is 0 Å². The smallest absolute Gasteiger partial charge is 0.354 e. The van der Waals surface area contributed by atoms with Gasteiger partial charge in [-0.1, -0.05) is 0 Å². The molecule has 0 saturated heterocycles. The first-order chi connectivity index (χ1) is 9.24. The maximum atomic E-state index is 11.7. The Kier molecular flexibility index (Phi) is 5.17. The van der Waals surface area contributed by atoms with Crippen molar-refractivity contribution in [1.82, 2.24) is 14.6 Å². The van der Waals surface area contributed by atoms with Crippen LogP contribution in [0, 0.1) is 0 Å². The van der Waals surface area contributed by atoms with Gasteiger partial charge in [0, 0.05) is 32.4 Å². The van der Waals surface area contributed by atoms with E-state index in [1.807, 2.05) is 0 Å². The minimum atomic E-state index is -3.39. The lowest BCUT2D eigenvalue weighted by molar-refractivity contribution is 0.0690. The average Bonchev–Trinajstić information content (AvgIpc) is 2.38. The first-order valence-corrected chi connectivity index (χ1v) is 7.22. The summed E-state index contributed by atoms with van der Waals surface area (Å²) in [5.74, 6) is -2.03. The topological polar surface area (TPSA) is 117 Å². The van der Waals surface area contributed by atoms with Crippen LogP contribution in [0.2, 0.25) is 0 Å². The lowest BCUT2D eigenvalue weighted by Crippen LogP contribution is -2.34. The summed E-state index contributed by atoms with van der Waals surface area (Å²) in [6, 6.07) is 2.47. The molecule has 2 N–H and O–H groups in total. The highest BCUT2D eigenvalue weighted by Gasteiger charge is 2.15. The Hall–Kier alpha value is -2.00. The van der Waals surface area contributed by atoms with Crippen LogP contribution < -0.4 is 5.32 Å². The van der Waals surface area contributed by atoms with E-state index in [1.165, 1.54) is 26.4 Å². The molecule has 0 unspecified atom stereocenters. The Bertz CT molecular complexity index is 612. The fraction of sp³-hybridized carbons (Fsp3) is 0.364. The summed E-state index contributed by atoms with van der Waals surface area (Å²) >= 11 is 0. The predicted octanol–water partition coefficient (Wildman–Crippen LogP) is -0.599. The van der Waals surface area contributed by atoms with Gasteiger partial charge in [0.25, 0.3) is 5.91 Å². The standard InChI is InChI=1S/C11H15N3O5S/c1-14(2)20(18,19)6-5-13-10(15)8-3-4-12-9(7-8)11(16)17/h3-4,7H,5-6H2,1-2H3,(H,13,15)(H,16,17). The molecule has 1 aromatic heterocycles. The van der Waals surface area contributed by atoms with Gasteiger partial charge in [-0.3, -0.25) is 4.79 Å². The van der Waals surface area contributed by atoms with Crippen LogP contribution in [0.1, 0.15) is 20.8 Å². The van der Waals surface area contributed by atoms with Gasteiger partial charge in [-0.15, -0.1) is 0 Å². The Morgan fingerprint density at radius 3 is 2.60 bits per heavy atom. The predicted molar refractivity (Wildman–Crippen MR) is 71.0 cm³/mol. The molecule has 8 nitrogen and oxygen atoms in total. The fourth-order valence-corrected chi connectivity index (χ4v) is 1.99. The molecule has 0 bridgehead atoms. The molecule has 0 fully saturated rings. The highest BCUT2D eigenvalue weighted by molar-refractivity contribution is 7.89. The Morgan fingerprint density at radius 2 is 2.05 bits per heavy atom. The molecule has 1 rings (SSSR count). The molecule has 110 valence electrons. The Balaban J connectivity index is 2.64. The second kappa shape index (κ2) is 6.44. The summed E-state index contributed by atoms with van der Waals surface area (Å²) in [7, 11) is -0.582. The van der Waals surface area contributed by atoms with Gasteiger partial charge in [0.1, 0.15) is 5.69 Å². The van der Waals surface area contributed by atoms with Crippen molar-refractivity contribution in [3.8, 4) is 0 Å². The average molecular weight is 301 g/mol. The molecular formula is C11H15N3O5S. The number of hydrogen-bond acceptors (Lipinski definition) is 5. The summed E-state index contributed by atoms with van der Waals surface area (Å²) in [5.41, 5.74) is -0.141. The minimum Gasteiger partial charge on any atom is -0.477 e. The monoisotopic (exact) mass is 301 g/mol. The van der Waals surface area contributed by atoms with Gasteiger partial charge in [0.2, 0.25) is 10.0 Å². The number of aromatic carboxylic acids is 1. The lowest BCUT2D eigenvalue weighted by atomic mass is 10.2. The van der Waals surface area contributed by atoms with Crippen molar-refractivity contribution >= 4 is 21.9 Å². The van der Waals surface area contributed by atoms with E-state index in [9.17, 15) is 18.0 Å². The van der Waals surface area contributed by atoms with E-state index in [1.54, 1.807) is 0 Å². The summed E-state index contributed by atoms with van der Waals surface area (Å²) < 4.78 is 24.0. The molecule has 1 heterocycles. The van der Waals surface area contributed by atoms with E-state index >= 15 is 0 Å². The van der Waals surface area contributed by atoms with E-state index in [2.05, 4.69) is 10.3 Å². The van der Waals surface area contributed by atoms with Crippen molar-refractivity contribution in [3.05, 3.63) is 29.6 Å². The zero-order valence-electron chi connectivity index (χ0n) is 11.0. The van der Waals surface area contributed by atoms with Crippen molar-refractivity contribution in [3.63, 3.8) is 0 Å². The van der Waals surface area contributed by atoms with Crippen molar-refractivity contribution in [1.29, 1.82) is 0 Å². The van der Waals surface area contributed by atoms with Gasteiger partial charge in [0.05, 0.1) is 5.75 Å². The highest BCUT2D eigenvalue weighted by Crippen LogP contribution is 2.02. The number of pyridine rings is 1. The molecule has 0 aliphatic rings. The first kappa shape index (κ1) is 16.1. The van der Waals surface area contributed by atoms with Crippen molar-refractivity contribution in [2.45, 2.75) is 0 Å². The minimum absolute atomic E-state index is 0.0654. The lowest BCUT2D eigenvalue weighted by Gasteiger charge is -2.11. The largest absolute Gasteiger partial charge is 0.477 e. The van der Waals surface area contributed by atoms with Crippen LogP contribution in [0.25, 0.3) is 0 Å². The van der Waals surface area contributed by atoms with Crippen LogP contribution in [0.15, 0.2) is 18.3 Å². The normalized spacial score (nSPS) is 11.3. The van der Waals surface area contributed by atoms with Gasteiger partial charge in [0.15, 0.2) is 0 Å². The number of carbonyl (C=O) groups excluding carboxylic acids is 1. The number of aromatic nitrogens is 1. The maximum Gasteiger partial charge on any atom is 0.354 e. The molecule has 0 aromatic carbocycles. The third-order valence-corrected chi connectivity index (χ3v) is 4.28. The number of sulfonamides is 1. The number of nitrogens with zero attached hydrogens (tertiary/aromatic N) is 2. The molecule has 1 amide bonds. The summed E-state index contributed by atoms with van der Waals surface area (Å²) in [5, 5.41) is 11.2. The SMILES string of the molecule is CN(C)S(=O)(=O)CCNC(=O)c1ccnc(C(=O)O)c1. The second-order valence-electron chi connectivity index (χ2n) is 4.09. The third kappa shape index (κ3) is 4.28. The third-order valence-electron chi connectivity index (χ3n) is 2.44. The van der Waals surface area contributed by atoms with Crippen LogP contribution in [0.3, 0.4) is 0 Å². The van der Waals surface area contributed by atoms with Crippen molar-refractivity contribution in [2.24, 2.45) is 0 Å². The first-order valence-electron chi connectivity index (χ1n) is 5.62. The Morgan fingerprint density at radius 1 is 1.40 bits per heavy atom. The van der Waals surface area contributed by atoms with Gasteiger partial charge in [-0.05, 0) is 12.1 Å². The number of amides is 1. The van der Waals surface area contributed by atoms with E-state index in [0.29, 0.717) is 0 Å². The number of carbonyl (C=O) groups is 2. The van der Waals surface area contributed by atoms with Crippen LogP contribution in [-0.2, 0) is 10.0 Å². The summed E-state index contributed by atoms with van der Waals surface area (Å²) in [6.07, 6.45) is 1.20. The van der Waals surface area contributed by atoms with E-state index in [0.717, 1.165) is 10.4 Å². The van der Waals surface area contributed by atoms with Crippen molar-refractivity contribution in [2.75, 3.05) is 26.4 Å². The molecule has 0 aliphatic carbocycles. The van der Waals surface area contributed by atoms with Crippen molar-refractivity contribution < 1.29 is 23.1 Å². The summed E-state index contributed by atoms with van der Waals surface area (Å²) in [4.78, 5) is 26.0. The zero-order chi connectivity index (χ0) is 15.3. The molecular weight excluding hydrogens is 286 g/mol. The van der Waals surface area contributed by atoms with Crippen LogP contribution in [-0.4, -0.2) is 61.1 Å². The van der Waals surface area contributed by atoms with Gasteiger partial charge in [-0.25, -0.2) is 22.5 Å². The summed E-state index contributed by atoms with van der Waals surface area (Å²) in [6.45, 7) is -0.0654. The number of nitrogens with one attached hydrogen (secondary N) is 1. The molecule has 9 heteroatoms. The number of rotatable bonds is 6. The highest BCUT2D eigenvalue weighted by atomic mass is 32.2. The molecule has 0 saturated carbocycles. The van der Waals surface area contributed by atoms with Gasteiger partial charge >= 0.3 is 5.97 Å². The van der Waals surface area contributed by atoms with E-state index < -0.39 is 21.9 Å². The number of carboxylic acids is 1. The van der Waals surface area contributed by atoms with E-state index in [-0.39, 0.29) is 23.6 Å².